The van der Waals surface area contributed by atoms with Crippen LogP contribution in [0.15, 0.2) is 0 Å². The minimum atomic E-state index is -0.880. The summed E-state index contributed by atoms with van der Waals surface area (Å²) in [5.74, 6) is 0.929. The van der Waals surface area contributed by atoms with Crippen LogP contribution in [-0.2, 0) is 24.3 Å². The summed E-state index contributed by atoms with van der Waals surface area (Å²) >= 11 is 0. The molecule has 1 aromatic heterocycles. The first-order valence-electron chi connectivity index (χ1n) is 6.71. The van der Waals surface area contributed by atoms with Gasteiger partial charge in [-0.05, 0) is 12.8 Å². The number of β-amino-alcohol motifs (C(OH)–C–C–N with tert-alkyl or cyclic N) is 1. The van der Waals surface area contributed by atoms with Gasteiger partial charge in [0.1, 0.15) is 17.7 Å². The van der Waals surface area contributed by atoms with Crippen molar-refractivity contribution in [3.63, 3.8) is 0 Å². The molecule has 2 atom stereocenters. The molecule has 3 rings (SSSR count). The van der Waals surface area contributed by atoms with Crippen LogP contribution in [-0.4, -0.2) is 54.5 Å². The van der Waals surface area contributed by atoms with Crippen LogP contribution in [0.2, 0.25) is 0 Å². The van der Waals surface area contributed by atoms with Crippen LogP contribution < -0.4 is 0 Å². The van der Waals surface area contributed by atoms with Crippen molar-refractivity contribution in [3.8, 4) is 0 Å². The quantitative estimate of drug-likeness (QED) is 0.776. The normalized spacial score (nSPS) is 27.4. The number of aromatic nitrogens is 3. The highest BCUT2D eigenvalue weighted by molar-refractivity contribution is 5.74. The second kappa shape index (κ2) is 4.90. The van der Waals surface area contributed by atoms with Crippen molar-refractivity contribution >= 4 is 5.97 Å². The lowest BCUT2D eigenvalue weighted by Crippen LogP contribution is -2.36. The third kappa shape index (κ3) is 2.35. The fourth-order valence-electron chi connectivity index (χ4n) is 2.98. The first-order valence-corrected chi connectivity index (χ1v) is 6.71. The number of aliphatic hydroxyl groups is 1. The van der Waals surface area contributed by atoms with E-state index in [0.717, 1.165) is 37.5 Å². The van der Waals surface area contributed by atoms with Gasteiger partial charge in [0.15, 0.2) is 0 Å². The Kier molecular flexibility index (Phi) is 3.24. The summed E-state index contributed by atoms with van der Waals surface area (Å²) in [4.78, 5) is 13.0. The van der Waals surface area contributed by atoms with Gasteiger partial charge in [-0.25, -0.2) is 0 Å². The average molecular weight is 266 g/mol. The van der Waals surface area contributed by atoms with Gasteiger partial charge in [0, 0.05) is 25.9 Å². The highest BCUT2D eigenvalue weighted by atomic mass is 16.4. The van der Waals surface area contributed by atoms with E-state index in [2.05, 4.69) is 14.8 Å². The fraction of sp³-hybridized carbons (Fsp3) is 0.750. The molecule has 0 saturated carbocycles. The number of rotatable bonds is 3. The highest BCUT2D eigenvalue weighted by Gasteiger charge is 2.36. The van der Waals surface area contributed by atoms with Crippen molar-refractivity contribution < 1.29 is 15.0 Å². The van der Waals surface area contributed by atoms with Crippen molar-refractivity contribution in [2.24, 2.45) is 0 Å². The Morgan fingerprint density at radius 3 is 3.00 bits per heavy atom. The van der Waals surface area contributed by atoms with Crippen LogP contribution in [0, 0.1) is 0 Å². The van der Waals surface area contributed by atoms with E-state index in [-0.39, 0.29) is 6.42 Å². The van der Waals surface area contributed by atoms with E-state index in [4.69, 9.17) is 0 Å². The lowest BCUT2D eigenvalue weighted by Gasteiger charge is -2.21. The summed E-state index contributed by atoms with van der Waals surface area (Å²) in [7, 11) is 0. The maximum atomic E-state index is 11.2. The number of aliphatic hydroxyl groups excluding tert-OH is 1. The average Bonchev–Trinajstić information content (AvgIpc) is 2.95. The molecule has 2 aliphatic heterocycles. The molecule has 104 valence electrons. The molecular weight excluding hydrogens is 248 g/mol. The van der Waals surface area contributed by atoms with Crippen molar-refractivity contribution in [1.82, 2.24) is 19.7 Å². The van der Waals surface area contributed by atoms with Crippen molar-refractivity contribution in [2.45, 2.75) is 50.9 Å². The van der Waals surface area contributed by atoms with Gasteiger partial charge in [-0.2, -0.15) is 0 Å². The van der Waals surface area contributed by atoms with Crippen LogP contribution in [0.1, 0.15) is 30.9 Å². The Morgan fingerprint density at radius 2 is 2.21 bits per heavy atom. The molecule has 3 heterocycles. The first-order chi connectivity index (χ1) is 9.15. The third-order valence-corrected chi connectivity index (χ3v) is 3.95. The third-order valence-electron chi connectivity index (χ3n) is 3.95. The molecule has 7 heteroatoms. The zero-order chi connectivity index (χ0) is 13.4. The zero-order valence-electron chi connectivity index (χ0n) is 10.7. The number of aryl methyl sites for hydroxylation is 1. The largest absolute Gasteiger partial charge is 0.480 e. The number of carboxylic acids is 1. The van der Waals surface area contributed by atoms with Gasteiger partial charge in [-0.1, -0.05) is 0 Å². The molecule has 2 aliphatic rings. The van der Waals surface area contributed by atoms with Crippen LogP contribution in [0.4, 0.5) is 0 Å². The van der Waals surface area contributed by atoms with Crippen molar-refractivity contribution in [2.75, 3.05) is 6.54 Å². The topological polar surface area (TPSA) is 91.5 Å². The SMILES string of the molecule is O=C(O)C1CC(O)CN1Cc1nnc2n1CCCC2. The highest BCUT2D eigenvalue weighted by Crippen LogP contribution is 2.22. The Balaban J connectivity index is 1.77. The number of likely N-dealkylation sites (tertiary alicyclic amines) is 1. The molecule has 0 radical (unpaired) electrons. The Hall–Kier alpha value is -1.47. The van der Waals surface area contributed by atoms with E-state index in [1.807, 2.05) is 0 Å². The van der Waals surface area contributed by atoms with Gasteiger partial charge in [0.25, 0.3) is 0 Å². The van der Waals surface area contributed by atoms with Crippen LogP contribution in [0.25, 0.3) is 0 Å². The van der Waals surface area contributed by atoms with Gasteiger partial charge in [0.2, 0.25) is 0 Å². The molecule has 2 unspecified atom stereocenters. The minimum absolute atomic E-state index is 0.288. The first kappa shape index (κ1) is 12.6. The standard InChI is InChI=1S/C12H18N4O3/c17-8-5-9(12(18)19)15(6-8)7-11-14-13-10-3-1-2-4-16(10)11/h8-9,17H,1-7H2,(H,18,19). The summed E-state index contributed by atoms with van der Waals surface area (Å²) in [5, 5.41) is 27.2. The molecule has 0 aliphatic carbocycles. The van der Waals surface area contributed by atoms with Crippen LogP contribution in [0.3, 0.4) is 0 Å². The number of aliphatic carboxylic acids is 1. The fourth-order valence-corrected chi connectivity index (χ4v) is 2.98. The van der Waals surface area contributed by atoms with Crippen molar-refractivity contribution in [3.05, 3.63) is 11.6 Å². The van der Waals surface area contributed by atoms with Gasteiger partial charge in [-0.15, -0.1) is 10.2 Å². The number of hydrogen-bond acceptors (Lipinski definition) is 5. The molecule has 0 bridgehead atoms. The summed E-state index contributed by atoms with van der Waals surface area (Å²) < 4.78 is 2.09. The van der Waals surface area contributed by atoms with Gasteiger partial charge >= 0.3 is 5.97 Å². The summed E-state index contributed by atoms with van der Waals surface area (Å²) in [5.41, 5.74) is 0. The molecular formula is C12H18N4O3. The number of carboxylic acid groups (broad SMARTS) is 1. The molecule has 19 heavy (non-hydrogen) atoms. The number of fused-ring (bicyclic) bond motifs is 1. The smallest absolute Gasteiger partial charge is 0.321 e. The number of carbonyl (C=O) groups is 1. The Bertz CT molecular complexity index is 487. The molecule has 0 aromatic carbocycles. The lowest BCUT2D eigenvalue weighted by molar-refractivity contribution is -0.142. The van der Waals surface area contributed by atoms with E-state index in [9.17, 15) is 15.0 Å². The molecule has 7 nitrogen and oxygen atoms in total. The Morgan fingerprint density at radius 1 is 1.37 bits per heavy atom. The van der Waals surface area contributed by atoms with Crippen LogP contribution >= 0.6 is 0 Å². The predicted molar refractivity (Wildman–Crippen MR) is 65.4 cm³/mol. The maximum absolute atomic E-state index is 11.2. The Labute approximate surface area is 110 Å². The zero-order valence-corrected chi connectivity index (χ0v) is 10.7. The van der Waals surface area contributed by atoms with Gasteiger partial charge in [-0.3, -0.25) is 9.69 Å². The van der Waals surface area contributed by atoms with E-state index in [0.29, 0.717) is 13.1 Å². The van der Waals surface area contributed by atoms with E-state index >= 15 is 0 Å². The number of nitrogens with zero attached hydrogens (tertiary/aromatic N) is 4. The van der Waals surface area contributed by atoms with E-state index in [1.165, 1.54) is 0 Å². The van der Waals surface area contributed by atoms with Crippen LogP contribution in [0.5, 0.6) is 0 Å². The summed E-state index contributed by atoms with van der Waals surface area (Å²) in [6, 6.07) is -0.619. The predicted octanol–water partition coefficient (Wildman–Crippen LogP) is -0.366. The summed E-state index contributed by atoms with van der Waals surface area (Å²) in [6.07, 6.45) is 2.92. The van der Waals surface area contributed by atoms with Gasteiger partial charge < -0.3 is 14.8 Å². The minimum Gasteiger partial charge on any atom is -0.480 e. The second-order valence-corrected chi connectivity index (χ2v) is 5.31. The molecule has 1 saturated heterocycles. The monoisotopic (exact) mass is 266 g/mol. The second-order valence-electron chi connectivity index (χ2n) is 5.31. The molecule has 2 N–H and O–H groups in total. The van der Waals surface area contributed by atoms with E-state index in [1.54, 1.807) is 4.90 Å². The molecule has 0 spiro atoms. The van der Waals surface area contributed by atoms with Crippen molar-refractivity contribution in [1.29, 1.82) is 0 Å². The molecule has 1 fully saturated rings. The molecule has 1 aromatic rings. The van der Waals surface area contributed by atoms with Gasteiger partial charge in [0.05, 0.1) is 12.6 Å². The molecule has 0 amide bonds. The van der Waals surface area contributed by atoms with E-state index < -0.39 is 18.1 Å². The maximum Gasteiger partial charge on any atom is 0.321 e. The number of hydrogen-bond donors (Lipinski definition) is 2. The lowest BCUT2D eigenvalue weighted by atomic mass is 10.1. The summed E-state index contributed by atoms with van der Waals surface area (Å²) in [6.45, 7) is 1.74.